The maximum absolute atomic E-state index is 12.7. The number of carbonyl (C=O) groups is 1. The van der Waals surface area contributed by atoms with Crippen LogP contribution < -0.4 is 10.6 Å². The Balaban J connectivity index is 0.00000132. The zero-order valence-electron chi connectivity index (χ0n) is 13.6. The third kappa shape index (κ3) is 4.31. The lowest BCUT2D eigenvalue weighted by Crippen LogP contribution is -2.52. The van der Waals surface area contributed by atoms with Crippen LogP contribution in [0, 0.1) is 5.92 Å². The molecule has 2 unspecified atom stereocenters. The molecule has 23 heavy (non-hydrogen) atoms. The number of amides is 1. The normalized spacial score (nSPS) is 22.9. The van der Waals surface area contributed by atoms with Crippen molar-refractivity contribution in [3.8, 4) is 0 Å². The van der Waals surface area contributed by atoms with Crippen LogP contribution in [-0.2, 0) is 11.2 Å². The van der Waals surface area contributed by atoms with E-state index in [1.807, 2.05) is 11.0 Å². The van der Waals surface area contributed by atoms with Crippen LogP contribution in [0.2, 0.25) is 0 Å². The highest BCUT2D eigenvalue weighted by atomic mass is 35.5. The largest absolute Gasteiger partial charge is 0.362 e. The highest BCUT2D eigenvalue weighted by Crippen LogP contribution is 2.28. The molecule has 1 saturated heterocycles. The summed E-state index contributed by atoms with van der Waals surface area (Å²) in [5.41, 5.74) is 8.45. The minimum Gasteiger partial charge on any atom is -0.362 e. The standard InChI is InChI=1S/C17H25N3O.2ClH/c1-13-6-9-20(15(10-13)11-18)17(21)12-19-8-7-14-4-2-3-5-16(14)19;;/h2-5,13,15H,6-12,18H2,1H3;2*1H. The first-order valence-electron chi connectivity index (χ1n) is 8.01. The van der Waals surface area contributed by atoms with E-state index in [4.69, 9.17) is 5.73 Å². The Morgan fingerprint density at radius 2 is 2.00 bits per heavy atom. The van der Waals surface area contributed by atoms with Crippen molar-refractivity contribution in [3.63, 3.8) is 0 Å². The predicted molar refractivity (Wildman–Crippen MR) is 99.8 cm³/mol. The van der Waals surface area contributed by atoms with E-state index in [1.54, 1.807) is 0 Å². The molecule has 1 amide bonds. The lowest BCUT2D eigenvalue weighted by molar-refractivity contribution is -0.133. The second-order valence-corrected chi connectivity index (χ2v) is 6.41. The fourth-order valence-corrected chi connectivity index (χ4v) is 3.63. The van der Waals surface area contributed by atoms with Gasteiger partial charge in [-0.1, -0.05) is 25.1 Å². The Bertz CT molecular complexity index is 526. The number of para-hydroxylation sites is 1. The van der Waals surface area contributed by atoms with Crippen LogP contribution in [0.1, 0.15) is 25.3 Å². The van der Waals surface area contributed by atoms with Crippen LogP contribution in [-0.4, -0.2) is 43.0 Å². The molecule has 1 fully saturated rings. The molecule has 3 rings (SSSR count). The second kappa shape index (κ2) is 8.76. The number of halogens is 2. The van der Waals surface area contributed by atoms with Crippen molar-refractivity contribution in [2.75, 3.05) is 31.1 Å². The number of carbonyl (C=O) groups excluding carboxylic acids is 1. The van der Waals surface area contributed by atoms with Gasteiger partial charge in [0.15, 0.2) is 0 Å². The van der Waals surface area contributed by atoms with Crippen molar-refractivity contribution >= 4 is 36.4 Å². The quantitative estimate of drug-likeness (QED) is 0.901. The summed E-state index contributed by atoms with van der Waals surface area (Å²) < 4.78 is 0. The van der Waals surface area contributed by atoms with E-state index in [1.165, 1.54) is 11.3 Å². The molecule has 0 aliphatic carbocycles. The molecule has 2 heterocycles. The summed E-state index contributed by atoms with van der Waals surface area (Å²) in [4.78, 5) is 16.9. The number of piperidine rings is 1. The fraction of sp³-hybridized carbons (Fsp3) is 0.588. The summed E-state index contributed by atoms with van der Waals surface area (Å²) in [6.07, 6.45) is 3.18. The first kappa shape index (κ1) is 20.1. The van der Waals surface area contributed by atoms with E-state index >= 15 is 0 Å². The van der Waals surface area contributed by atoms with Crippen molar-refractivity contribution in [1.82, 2.24) is 4.90 Å². The summed E-state index contributed by atoms with van der Waals surface area (Å²) in [5.74, 6) is 0.907. The van der Waals surface area contributed by atoms with Crippen LogP contribution >= 0.6 is 24.8 Å². The molecule has 0 bridgehead atoms. The van der Waals surface area contributed by atoms with Gasteiger partial charge in [0, 0.05) is 31.4 Å². The molecular formula is C17H27Cl2N3O. The molecule has 2 N–H and O–H groups in total. The first-order chi connectivity index (χ1) is 10.2. The molecule has 1 aromatic rings. The number of fused-ring (bicyclic) bond motifs is 1. The van der Waals surface area contributed by atoms with Crippen LogP contribution in [0.4, 0.5) is 5.69 Å². The van der Waals surface area contributed by atoms with Crippen molar-refractivity contribution in [3.05, 3.63) is 29.8 Å². The Morgan fingerprint density at radius 1 is 1.26 bits per heavy atom. The average Bonchev–Trinajstić information content (AvgIpc) is 2.90. The number of nitrogens with zero attached hydrogens (tertiary/aromatic N) is 2. The van der Waals surface area contributed by atoms with Crippen molar-refractivity contribution in [2.24, 2.45) is 11.7 Å². The zero-order valence-corrected chi connectivity index (χ0v) is 15.2. The summed E-state index contributed by atoms with van der Waals surface area (Å²) in [7, 11) is 0. The second-order valence-electron chi connectivity index (χ2n) is 6.41. The Hall–Kier alpha value is -0.970. The lowest BCUT2D eigenvalue weighted by atomic mass is 9.92. The van der Waals surface area contributed by atoms with Crippen LogP contribution in [0.15, 0.2) is 24.3 Å². The number of likely N-dealkylation sites (tertiary alicyclic amines) is 1. The smallest absolute Gasteiger partial charge is 0.242 e. The number of rotatable bonds is 3. The number of hydrogen-bond acceptors (Lipinski definition) is 3. The molecule has 6 heteroatoms. The van der Waals surface area contributed by atoms with Gasteiger partial charge in [-0.05, 0) is 36.8 Å². The van der Waals surface area contributed by atoms with Gasteiger partial charge in [0.25, 0.3) is 0 Å². The number of anilines is 1. The molecule has 130 valence electrons. The summed E-state index contributed by atoms with van der Waals surface area (Å²) in [6, 6.07) is 8.62. The molecule has 0 aromatic heterocycles. The molecular weight excluding hydrogens is 333 g/mol. The Kier molecular flexibility index (Phi) is 7.65. The van der Waals surface area contributed by atoms with Gasteiger partial charge in [-0.3, -0.25) is 4.79 Å². The molecule has 0 spiro atoms. The van der Waals surface area contributed by atoms with Crippen molar-refractivity contribution < 1.29 is 4.79 Å². The molecule has 2 aliphatic rings. The minimum absolute atomic E-state index is 0. The maximum Gasteiger partial charge on any atom is 0.242 e. The van der Waals surface area contributed by atoms with Gasteiger partial charge in [-0.2, -0.15) is 0 Å². The molecule has 2 atom stereocenters. The van der Waals surface area contributed by atoms with Crippen molar-refractivity contribution in [1.29, 1.82) is 0 Å². The van der Waals surface area contributed by atoms with Gasteiger partial charge in [-0.25, -0.2) is 0 Å². The molecule has 0 radical (unpaired) electrons. The SMILES string of the molecule is CC1CCN(C(=O)CN2CCc3ccccc32)C(CN)C1.Cl.Cl. The first-order valence-corrected chi connectivity index (χ1v) is 8.01. The monoisotopic (exact) mass is 359 g/mol. The van der Waals surface area contributed by atoms with Gasteiger partial charge >= 0.3 is 0 Å². The van der Waals surface area contributed by atoms with Gasteiger partial charge in [-0.15, -0.1) is 24.8 Å². The summed E-state index contributed by atoms with van der Waals surface area (Å²) >= 11 is 0. The van der Waals surface area contributed by atoms with Crippen LogP contribution in [0.25, 0.3) is 0 Å². The van der Waals surface area contributed by atoms with Crippen LogP contribution in [0.5, 0.6) is 0 Å². The van der Waals surface area contributed by atoms with E-state index in [2.05, 4.69) is 30.0 Å². The lowest BCUT2D eigenvalue weighted by Gasteiger charge is -2.39. The van der Waals surface area contributed by atoms with Crippen molar-refractivity contribution in [2.45, 2.75) is 32.2 Å². The van der Waals surface area contributed by atoms with Gasteiger partial charge in [0.2, 0.25) is 5.91 Å². The molecule has 4 nitrogen and oxygen atoms in total. The Morgan fingerprint density at radius 3 is 2.74 bits per heavy atom. The number of benzene rings is 1. The number of hydrogen-bond donors (Lipinski definition) is 1. The molecule has 1 aromatic carbocycles. The summed E-state index contributed by atoms with van der Waals surface area (Å²) in [5, 5.41) is 0. The van der Waals surface area contributed by atoms with Crippen LogP contribution in [0.3, 0.4) is 0 Å². The molecule has 2 aliphatic heterocycles. The van der Waals surface area contributed by atoms with E-state index in [0.717, 1.165) is 32.4 Å². The summed E-state index contributed by atoms with van der Waals surface area (Å²) in [6.45, 7) is 5.12. The maximum atomic E-state index is 12.7. The minimum atomic E-state index is 0. The van der Waals surface area contributed by atoms with Gasteiger partial charge < -0.3 is 15.5 Å². The average molecular weight is 360 g/mol. The third-order valence-electron chi connectivity index (χ3n) is 4.88. The third-order valence-corrected chi connectivity index (χ3v) is 4.88. The highest BCUT2D eigenvalue weighted by molar-refractivity contribution is 5.85. The van der Waals surface area contributed by atoms with E-state index in [0.29, 0.717) is 19.0 Å². The molecule has 0 saturated carbocycles. The fourth-order valence-electron chi connectivity index (χ4n) is 3.63. The van der Waals surface area contributed by atoms with E-state index in [9.17, 15) is 4.79 Å². The predicted octanol–water partition coefficient (Wildman–Crippen LogP) is 2.48. The Labute approximate surface area is 151 Å². The van der Waals surface area contributed by atoms with Gasteiger partial charge in [0.05, 0.1) is 6.54 Å². The topological polar surface area (TPSA) is 49.6 Å². The number of nitrogens with two attached hydrogens (primary N) is 1. The van der Waals surface area contributed by atoms with E-state index < -0.39 is 0 Å². The van der Waals surface area contributed by atoms with Gasteiger partial charge in [0.1, 0.15) is 0 Å². The van der Waals surface area contributed by atoms with E-state index in [-0.39, 0.29) is 36.8 Å². The highest BCUT2D eigenvalue weighted by Gasteiger charge is 2.30. The zero-order chi connectivity index (χ0) is 14.8.